The predicted molar refractivity (Wildman–Crippen MR) is 55.7 cm³/mol. The number of carbonyl (C=O) groups excluding carboxylic acids is 1. The number of halogens is 1. The Balaban J connectivity index is 2.08. The second kappa shape index (κ2) is 2.96. The van der Waals surface area contributed by atoms with Gasteiger partial charge in [0.05, 0.1) is 12.5 Å². The van der Waals surface area contributed by atoms with Gasteiger partial charge in [0.15, 0.2) is 0 Å². The molecule has 2 bridgehead atoms. The summed E-state index contributed by atoms with van der Waals surface area (Å²) in [5, 5.41) is 0. The molecule has 0 aromatic heterocycles. The predicted octanol–water partition coefficient (Wildman–Crippen LogP) is 2.26. The molecule has 0 unspecified atom stereocenters. The molecule has 2 aliphatic heterocycles. The van der Waals surface area contributed by atoms with Gasteiger partial charge in [-0.15, -0.1) is 0 Å². The molecule has 4 atom stereocenters. The number of fused-ring (bicyclic) bond motifs is 2. The van der Waals surface area contributed by atoms with Gasteiger partial charge in [0, 0.05) is 5.92 Å². The van der Waals surface area contributed by atoms with Crippen LogP contribution < -0.4 is 0 Å². The van der Waals surface area contributed by atoms with Crippen LogP contribution in [0.5, 0.6) is 0 Å². The van der Waals surface area contributed by atoms with Gasteiger partial charge >= 0.3 is 5.97 Å². The van der Waals surface area contributed by atoms with Crippen molar-refractivity contribution in [3.8, 4) is 0 Å². The van der Waals surface area contributed by atoms with Crippen molar-refractivity contribution in [1.29, 1.82) is 0 Å². The highest BCUT2D eigenvalue weighted by Gasteiger charge is 2.46. The second-order valence-electron chi connectivity index (χ2n) is 4.22. The zero-order chi connectivity index (χ0) is 9.71. The third kappa shape index (κ3) is 1.05. The van der Waals surface area contributed by atoms with Crippen LogP contribution in [0.4, 0.5) is 0 Å². The first-order valence-electron chi connectivity index (χ1n) is 4.98. The molecular formula is C11H11BrO2. The SMILES string of the molecule is O=C1OC[C@@H]2C(Br)=C[C@H]1[C@H]1C=CC[C@H]12. The van der Waals surface area contributed by atoms with E-state index >= 15 is 0 Å². The van der Waals surface area contributed by atoms with Crippen molar-refractivity contribution < 1.29 is 9.53 Å². The average Bonchev–Trinajstić information content (AvgIpc) is 2.55. The lowest BCUT2D eigenvalue weighted by atomic mass is 9.73. The number of hydrogen-bond donors (Lipinski definition) is 0. The third-order valence-electron chi connectivity index (χ3n) is 3.56. The highest BCUT2D eigenvalue weighted by atomic mass is 79.9. The maximum atomic E-state index is 11.6. The first kappa shape index (κ1) is 8.72. The molecule has 0 aromatic rings. The summed E-state index contributed by atoms with van der Waals surface area (Å²) in [5.74, 6) is 1.25. The van der Waals surface area contributed by atoms with Gasteiger partial charge in [-0.3, -0.25) is 4.79 Å². The molecular weight excluding hydrogens is 244 g/mol. The van der Waals surface area contributed by atoms with E-state index < -0.39 is 0 Å². The molecule has 0 N–H and O–H groups in total. The second-order valence-corrected chi connectivity index (χ2v) is 5.13. The molecule has 0 radical (unpaired) electrons. The molecule has 74 valence electrons. The van der Waals surface area contributed by atoms with Gasteiger partial charge in [0.25, 0.3) is 0 Å². The molecule has 4 aliphatic rings. The fraction of sp³-hybridized carbons (Fsp3) is 0.545. The summed E-state index contributed by atoms with van der Waals surface area (Å²) in [6.07, 6.45) is 7.51. The molecule has 2 nitrogen and oxygen atoms in total. The highest BCUT2D eigenvalue weighted by Crippen LogP contribution is 2.48. The molecule has 4 rings (SSSR count). The third-order valence-corrected chi connectivity index (χ3v) is 4.42. The molecule has 0 aromatic carbocycles. The van der Waals surface area contributed by atoms with Crippen LogP contribution >= 0.6 is 15.9 Å². The van der Waals surface area contributed by atoms with Gasteiger partial charge in [-0.25, -0.2) is 0 Å². The molecule has 0 amide bonds. The van der Waals surface area contributed by atoms with Crippen LogP contribution in [0, 0.1) is 23.7 Å². The Morgan fingerprint density at radius 1 is 1.50 bits per heavy atom. The Kier molecular flexibility index (Phi) is 1.84. The van der Waals surface area contributed by atoms with E-state index in [1.807, 2.05) is 6.08 Å². The van der Waals surface area contributed by atoms with E-state index in [1.165, 1.54) is 4.48 Å². The van der Waals surface area contributed by atoms with Gasteiger partial charge in [-0.05, 0) is 22.7 Å². The maximum absolute atomic E-state index is 11.6. The topological polar surface area (TPSA) is 26.3 Å². The lowest BCUT2D eigenvalue weighted by Crippen LogP contribution is -2.29. The highest BCUT2D eigenvalue weighted by molar-refractivity contribution is 9.11. The van der Waals surface area contributed by atoms with Crippen molar-refractivity contribution in [3.05, 3.63) is 22.7 Å². The minimum absolute atomic E-state index is 0.0492. The standard InChI is InChI=1S/C11H11BrO2/c12-10-4-8-6-2-1-3-7(6)9(10)5-14-11(8)13/h1-2,4,6-9H,3,5H2/t6-,7+,8-,9-/m0/s1. The van der Waals surface area contributed by atoms with E-state index in [0.29, 0.717) is 24.4 Å². The fourth-order valence-corrected chi connectivity index (χ4v) is 3.57. The van der Waals surface area contributed by atoms with Gasteiger partial charge in [0.2, 0.25) is 0 Å². The normalized spacial score (nSPS) is 44.4. The molecule has 14 heavy (non-hydrogen) atoms. The van der Waals surface area contributed by atoms with Crippen molar-refractivity contribution in [2.75, 3.05) is 6.61 Å². The largest absolute Gasteiger partial charge is 0.465 e. The molecule has 2 heterocycles. The first-order valence-corrected chi connectivity index (χ1v) is 5.77. The summed E-state index contributed by atoms with van der Waals surface area (Å²) in [5.41, 5.74) is 0. The first-order chi connectivity index (χ1) is 6.77. The monoisotopic (exact) mass is 254 g/mol. The van der Waals surface area contributed by atoms with Crippen molar-refractivity contribution in [2.24, 2.45) is 23.7 Å². The van der Waals surface area contributed by atoms with Crippen LogP contribution in [0.25, 0.3) is 0 Å². The Morgan fingerprint density at radius 3 is 3.21 bits per heavy atom. The molecule has 2 aliphatic carbocycles. The van der Waals surface area contributed by atoms with Crippen LogP contribution in [0.15, 0.2) is 22.7 Å². The van der Waals surface area contributed by atoms with Gasteiger partial charge in [0.1, 0.15) is 0 Å². The van der Waals surface area contributed by atoms with Crippen LogP contribution in [-0.2, 0) is 9.53 Å². The lowest BCUT2D eigenvalue weighted by Gasteiger charge is -2.30. The number of ether oxygens (including phenoxy) is 1. The molecule has 1 saturated heterocycles. The Hall–Kier alpha value is -0.570. The number of rotatable bonds is 0. The van der Waals surface area contributed by atoms with Crippen molar-refractivity contribution in [3.63, 3.8) is 0 Å². The lowest BCUT2D eigenvalue weighted by molar-refractivity contribution is -0.146. The fourth-order valence-electron chi connectivity index (χ4n) is 2.82. The van der Waals surface area contributed by atoms with Gasteiger partial charge in [-0.1, -0.05) is 34.2 Å². The molecule has 3 heteroatoms. The smallest absolute Gasteiger partial charge is 0.313 e. The van der Waals surface area contributed by atoms with E-state index in [0.717, 1.165) is 6.42 Å². The summed E-state index contributed by atoms with van der Waals surface area (Å²) < 4.78 is 6.41. The Morgan fingerprint density at radius 2 is 2.36 bits per heavy atom. The quantitative estimate of drug-likeness (QED) is 0.490. The zero-order valence-corrected chi connectivity index (χ0v) is 9.24. The van der Waals surface area contributed by atoms with Crippen molar-refractivity contribution in [2.45, 2.75) is 6.42 Å². The average molecular weight is 255 g/mol. The Bertz CT molecular complexity index is 345. The maximum Gasteiger partial charge on any atom is 0.313 e. The van der Waals surface area contributed by atoms with Crippen LogP contribution in [-0.4, -0.2) is 12.6 Å². The summed E-state index contributed by atoms with van der Waals surface area (Å²) in [7, 11) is 0. The van der Waals surface area contributed by atoms with Crippen molar-refractivity contribution >= 4 is 21.9 Å². The number of allylic oxidation sites excluding steroid dienone is 2. The van der Waals surface area contributed by atoms with Crippen molar-refractivity contribution in [1.82, 2.24) is 0 Å². The number of hydrogen-bond acceptors (Lipinski definition) is 2. The van der Waals surface area contributed by atoms with Gasteiger partial charge < -0.3 is 4.74 Å². The molecule has 1 fully saturated rings. The summed E-state index contributed by atoms with van der Waals surface area (Å²) in [6.45, 7) is 0.551. The number of esters is 1. The van der Waals surface area contributed by atoms with E-state index in [-0.39, 0.29) is 11.9 Å². The van der Waals surface area contributed by atoms with E-state index in [2.05, 4.69) is 28.1 Å². The van der Waals surface area contributed by atoms with Crippen LogP contribution in [0.3, 0.4) is 0 Å². The van der Waals surface area contributed by atoms with Crippen LogP contribution in [0.1, 0.15) is 6.42 Å². The summed E-state index contributed by atoms with van der Waals surface area (Å²) >= 11 is 3.56. The van der Waals surface area contributed by atoms with Crippen LogP contribution in [0.2, 0.25) is 0 Å². The molecule has 0 spiro atoms. The van der Waals surface area contributed by atoms with E-state index in [4.69, 9.17) is 4.74 Å². The van der Waals surface area contributed by atoms with E-state index in [9.17, 15) is 4.79 Å². The summed E-state index contributed by atoms with van der Waals surface area (Å²) in [4.78, 5) is 11.6. The number of carbonyl (C=O) groups is 1. The molecule has 0 saturated carbocycles. The minimum Gasteiger partial charge on any atom is -0.465 e. The van der Waals surface area contributed by atoms with Gasteiger partial charge in [-0.2, -0.15) is 0 Å². The Labute approximate surface area is 91.1 Å². The minimum atomic E-state index is -0.0523. The summed E-state index contributed by atoms with van der Waals surface area (Å²) in [6, 6.07) is 0. The van der Waals surface area contributed by atoms with E-state index in [1.54, 1.807) is 0 Å². The zero-order valence-electron chi connectivity index (χ0n) is 7.65.